The number of fused-ring (bicyclic) bond motifs is 7. The lowest BCUT2D eigenvalue weighted by Gasteiger charge is -2.73. The summed E-state index contributed by atoms with van der Waals surface area (Å²) in [4.78, 5) is 41.9. The number of aliphatic carboxylic acids is 1. The molecule has 0 radical (unpaired) electrons. The third-order valence-corrected chi connectivity index (χ3v) is 16.6. The Hall–Kier alpha value is -2.44. The molecule has 51 heavy (non-hydrogen) atoms. The molecule has 0 saturated heterocycles. The second-order valence-corrected chi connectivity index (χ2v) is 20.4. The first-order valence-electron chi connectivity index (χ1n) is 20.1. The van der Waals surface area contributed by atoms with Gasteiger partial charge in [0, 0.05) is 5.41 Å². The van der Waals surface area contributed by atoms with Crippen LogP contribution in [0, 0.1) is 62.1 Å². The van der Waals surface area contributed by atoms with Crippen LogP contribution in [0.5, 0.6) is 0 Å². The molecule has 1 heterocycles. The molecule has 5 fully saturated rings. The number of carbonyl (C=O) groups excluding carboxylic acids is 2. The number of aliphatic imine (C=N–C) groups is 1. The molecule has 7 heteroatoms. The molecule has 0 spiro atoms. The number of carboxylic acid groups (broad SMARTS) is 1. The Kier molecular flexibility index (Phi) is 9.87. The van der Waals surface area contributed by atoms with Crippen LogP contribution in [0.4, 0.5) is 0 Å². The zero-order valence-electron chi connectivity index (χ0n) is 33.3. The van der Waals surface area contributed by atoms with Crippen molar-refractivity contribution in [1.29, 1.82) is 0 Å². The van der Waals surface area contributed by atoms with Crippen LogP contribution in [0.15, 0.2) is 28.8 Å². The third-order valence-electron chi connectivity index (χ3n) is 16.6. The summed E-state index contributed by atoms with van der Waals surface area (Å²) >= 11 is 0. The summed E-state index contributed by atoms with van der Waals surface area (Å²) in [5.74, 6) is 1.35. The largest absolute Gasteiger partial charge is 0.481 e. The number of esters is 2. The van der Waals surface area contributed by atoms with Crippen molar-refractivity contribution in [2.24, 2.45) is 67.1 Å². The first-order chi connectivity index (χ1) is 23.7. The molecular weight excluding hydrogens is 638 g/mol. The molecule has 0 unspecified atom stereocenters. The van der Waals surface area contributed by atoms with Crippen molar-refractivity contribution >= 4 is 23.6 Å². The van der Waals surface area contributed by atoms with Gasteiger partial charge in [-0.2, -0.15) is 0 Å². The zero-order valence-corrected chi connectivity index (χ0v) is 33.3. The Morgan fingerprint density at radius 3 is 2.29 bits per heavy atom. The van der Waals surface area contributed by atoms with E-state index in [4.69, 9.17) is 9.47 Å². The van der Waals surface area contributed by atoms with Gasteiger partial charge in [0.25, 0.3) is 0 Å². The molecule has 5 saturated carbocycles. The Labute approximate surface area is 307 Å². The monoisotopic (exact) mass is 705 g/mol. The van der Waals surface area contributed by atoms with Crippen molar-refractivity contribution < 1.29 is 29.0 Å². The number of carbonyl (C=O) groups is 3. The summed E-state index contributed by atoms with van der Waals surface area (Å²) in [6, 6.07) is 0. The molecular formula is C44H67NO6. The Morgan fingerprint density at radius 2 is 1.65 bits per heavy atom. The molecule has 7 nitrogen and oxygen atoms in total. The van der Waals surface area contributed by atoms with Gasteiger partial charge in [-0.25, -0.2) is 4.79 Å². The first kappa shape index (κ1) is 38.3. The van der Waals surface area contributed by atoms with E-state index >= 15 is 0 Å². The molecule has 0 aromatic heterocycles. The highest BCUT2D eigenvalue weighted by Crippen LogP contribution is 2.78. The number of carboxylic acids is 1. The minimum Gasteiger partial charge on any atom is -0.481 e. The van der Waals surface area contributed by atoms with Crippen molar-refractivity contribution in [2.45, 2.75) is 152 Å². The molecule has 0 aromatic carbocycles. The number of hydrogen-bond acceptors (Lipinski definition) is 6. The van der Waals surface area contributed by atoms with Crippen molar-refractivity contribution in [1.82, 2.24) is 0 Å². The van der Waals surface area contributed by atoms with Crippen LogP contribution in [0.25, 0.3) is 0 Å². The summed E-state index contributed by atoms with van der Waals surface area (Å²) in [6.07, 6.45) is 14.3. The predicted molar refractivity (Wildman–Crippen MR) is 201 cm³/mol. The van der Waals surface area contributed by atoms with E-state index in [1.807, 2.05) is 26.8 Å². The van der Waals surface area contributed by atoms with E-state index in [0.29, 0.717) is 48.5 Å². The average Bonchev–Trinajstić information content (AvgIpc) is 3.62. The lowest BCUT2D eigenvalue weighted by atomic mass is 9.32. The number of allylic oxidation sites excluding steroid dienone is 1. The Bertz CT molecular complexity index is 1510. The SMILES string of the molecule is C=C(C)[C@@H]1CC[C@]2(CCOC(=O)C3=NCC(C)=C3)CC[C@]3(C)[C@H](CC[C@@H]4[C@@]5(C)CC[C@H](OC(=O)CC(C)(C)CC(=O)O)C(C)(C)[C@@H]5CC[C@]43C)[C@@H]12. The second kappa shape index (κ2) is 13.1. The van der Waals surface area contributed by atoms with E-state index in [-0.39, 0.29) is 58.0 Å². The fourth-order valence-corrected chi connectivity index (χ4v) is 14.0. The number of rotatable bonds is 10. The van der Waals surface area contributed by atoms with Gasteiger partial charge in [-0.15, -0.1) is 0 Å². The average molecular weight is 706 g/mol. The van der Waals surface area contributed by atoms with Gasteiger partial charge in [0.2, 0.25) is 0 Å². The van der Waals surface area contributed by atoms with E-state index < -0.39 is 11.4 Å². The van der Waals surface area contributed by atoms with Crippen LogP contribution >= 0.6 is 0 Å². The van der Waals surface area contributed by atoms with Crippen molar-refractivity contribution in [2.75, 3.05) is 13.2 Å². The van der Waals surface area contributed by atoms with Crippen LogP contribution in [0.3, 0.4) is 0 Å². The highest BCUT2D eigenvalue weighted by Gasteiger charge is 2.71. The summed E-state index contributed by atoms with van der Waals surface area (Å²) in [6.45, 7) is 26.1. The van der Waals surface area contributed by atoms with E-state index in [9.17, 15) is 19.5 Å². The molecule has 1 N–H and O–H groups in total. The minimum absolute atomic E-state index is 0.0485. The summed E-state index contributed by atoms with van der Waals surface area (Å²) in [7, 11) is 0. The van der Waals surface area contributed by atoms with E-state index in [1.54, 1.807) is 0 Å². The summed E-state index contributed by atoms with van der Waals surface area (Å²) < 4.78 is 12.2. The Morgan fingerprint density at radius 1 is 0.922 bits per heavy atom. The van der Waals surface area contributed by atoms with Gasteiger partial charge in [-0.05, 0) is 153 Å². The molecule has 6 aliphatic rings. The molecule has 5 aliphatic carbocycles. The van der Waals surface area contributed by atoms with Crippen molar-refractivity contribution in [3.8, 4) is 0 Å². The van der Waals surface area contributed by atoms with Crippen LogP contribution in [0.1, 0.15) is 146 Å². The van der Waals surface area contributed by atoms with E-state index in [2.05, 4.69) is 53.1 Å². The van der Waals surface area contributed by atoms with Crippen LogP contribution < -0.4 is 0 Å². The second-order valence-electron chi connectivity index (χ2n) is 20.4. The van der Waals surface area contributed by atoms with Gasteiger partial charge < -0.3 is 14.6 Å². The van der Waals surface area contributed by atoms with Gasteiger partial charge >= 0.3 is 17.9 Å². The predicted octanol–water partition coefficient (Wildman–Crippen LogP) is 9.78. The number of nitrogens with zero attached hydrogens (tertiary/aromatic N) is 1. The summed E-state index contributed by atoms with van der Waals surface area (Å²) in [5, 5.41) is 9.34. The fourth-order valence-electron chi connectivity index (χ4n) is 14.0. The molecule has 10 atom stereocenters. The maximum Gasteiger partial charge on any atom is 0.356 e. The minimum atomic E-state index is -0.884. The van der Waals surface area contributed by atoms with Crippen molar-refractivity contribution in [3.63, 3.8) is 0 Å². The van der Waals surface area contributed by atoms with Gasteiger partial charge in [-0.1, -0.05) is 60.6 Å². The molecule has 0 bridgehead atoms. The number of ether oxygens (including phenoxy) is 2. The maximum absolute atomic E-state index is 13.2. The van der Waals surface area contributed by atoms with Crippen LogP contribution in [-0.4, -0.2) is 48.0 Å². The maximum atomic E-state index is 13.2. The highest BCUT2D eigenvalue weighted by atomic mass is 16.5. The smallest absolute Gasteiger partial charge is 0.356 e. The zero-order chi connectivity index (χ0) is 37.4. The van der Waals surface area contributed by atoms with Gasteiger partial charge in [-0.3, -0.25) is 14.6 Å². The fraction of sp³-hybridized carbons (Fsp3) is 0.818. The summed E-state index contributed by atoms with van der Waals surface area (Å²) in [5.41, 5.74) is 2.89. The molecule has 0 amide bonds. The standard InChI is InChI=1S/C44H67NO6/c1-27(2)29-13-18-44(21-22-50-38(49)31-23-28(3)26-45-31)20-19-42(9)30(37(29)44)11-12-33-41(8)16-15-34(40(6,7)32(41)14-17-43(33,42)10)51-36(48)25-39(4,5)24-35(46)47/h23,29-30,32-34,37H,1,11-22,24-26H2,2-10H3,(H,46,47)/t29-,30+,32-,33+,34-,37+,41-,42+,43+,44+/m0/s1. The molecule has 1 aliphatic heterocycles. The quantitative estimate of drug-likeness (QED) is 0.179. The topological polar surface area (TPSA) is 102 Å². The molecule has 0 aromatic rings. The van der Waals surface area contributed by atoms with Crippen molar-refractivity contribution in [3.05, 3.63) is 23.8 Å². The van der Waals surface area contributed by atoms with Crippen LogP contribution in [-0.2, 0) is 23.9 Å². The van der Waals surface area contributed by atoms with Crippen LogP contribution in [0.2, 0.25) is 0 Å². The van der Waals surface area contributed by atoms with E-state index in [1.165, 1.54) is 50.5 Å². The Balaban J connectivity index is 1.20. The molecule has 284 valence electrons. The lowest BCUT2D eigenvalue weighted by Crippen LogP contribution is -2.66. The van der Waals surface area contributed by atoms with Gasteiger partial charge in [0.05, 0.1) is 26.0 Å². The van der Waals surface area contributed by atoms with Gasteiger partial charge in [0.15, 0.2) is 0 Å². The third kappa shape index (κ3) is 6.36. The lowest BCUT2D eigenvalue weighted by molar-refractivity contribution is -0.251. The number of hydrogen-bond donors (Lipinski definition) is 1. The van der Waals surface area contributed by atoms with E-state index in [0.717, 1.165) is 31.3 Å². The normalized spacial score (nSPS) is 41.2. The first-order valence-corrected chi connectivity index (χ1v) is 20.1. The highest BCUT2D eigenvalue weighted by molar-refractivity contribution is 6.41. The molecule has 6 rings (SSSR count). The van der Waals surface area contributed by atoms with Gasteiger partial charge in [0.1, 0.15) is 11.8 Å².